The van der Waals surface area contributed by atoms with Crippen molar-refractivity contribution in [2.75, 3.05) is 0 Å². The van der Waals surface area contributed by atoms with Gasteiger partial charge in [0.25, 0.3) is 0 Å². The van der Waals surface area contributed by atoms with Gasteiger partial charge in [0.1, 0.15) is 6.10 Å². The molecule has 0 bridgehead atoms. The van der Waals surface area contributed by atoms with E-state index in [2.05, 4.69) is 13.5 Å². The van der Waals surface area contributed by atoms with E-state index in [1.807, 2.05) is 0 Å². The monoisotopic (exact) mass is 280 g/mol. The van der Waals surface area contributed by atoms with Crippen molar-refractivity contribution in [2.45, 2.75) is 96.5 Å². The molecule has 0 radical (unpaired) electrons. The highest BCUT2D eigenvalue weighted by atomic mass is 16.5. The third-order valence-electron chi connectivity index (χ3n) is 4.23. The highest BCUT2D eigenvalue weighted by molar-refractivity contribution is 5.69. The molecular formula is C18H32O2. The van der Waals surface area contributed by atoms with Crippen LogP contribution in [0.3, 0.4) is 0 Å². The standard InChI is InChI=1S/C18H32O2/c1-3-17-15-14-16(2)12-10-8-6-4-5-7-9-11-13-18(19)20-17/h17H,2-15H2,1H3/t17-/m1/s1. The zero-order chi connectivity index (χ0) is 14.6. The highest BCUT2D eigenvalue weighted by Crippen LogP contribution is 2.19. The second-order valence-electron chi connectivity index (χ2n) is 6.14. The summed E-state index contributed by atoms with van der Waals surface area (Å²) in [5, 5.41) is 0. The summed E-state index contributed by atoms with van der Waals surface area (Å²) in [6.07, 6.45) is 14.7. The lowest BCUT2D eigenvalue weighted by Gasteiger charge is -2.17. The molecule has 0 aromatic rings. The molecule has 0 N–H and O–H groups in total. The van der Waals surface area contributed by atoms with Crippen LogP contribution in [0.5, 0.6) is 0 Å². The van der Waals surface area contributed by atoms with Crippen LogP contribution in [0, 0.1) is 0 Å². The van der Waals surface area contributed by atoms with Crippen molar-refractivity contribution in [1.29, 1.82) is 0 Å². The van der Waals surface area contributed by atoms with Crippen molar-refractivity contribution in [3.63, 3.8) is 0 Å². The average Bonchev–Trinajstić information content (AvgIpc) is 2.44. The molecule has 0 spiro atoms. The van der Waals surface area contributed by atoms with Crippen molar-refractivity contribution in [2.24, 2.45) is 0 Å². The summed E-state index contributed by atoms with van der Waals surface area (Å²) in [5.41, 5.74) is 1.33. The Morgan fingerprint density at radius 2 is 1.50 bits per heavy atom. The average molecular weight is 280 g/mol. The number of ether oxygens (including phenoxy) is 1. The van der Waals surface area contributed by atoms with Crippen LogP contribution in [-0.4, -0.2) is 12.1 Å². The van der Waals surface area contributed by atoms with Gasteiger partial charge in [-0.2, -0.15) is 0 Å². The molecule has 0 aliphatic carbocycles. The lowest BCUT2D eigenvalue weighted by Crippen LogP contribution is -2.17. The second-order valence-corrected chi connectivity index (χ2v) is 6.14. The Hall–Kier alpha value is -0.790. The van der Waals surface area contributed by atoms with Crippen LogP contribution in [0.25, 0.3) is 0 Å². The van der Waals surface area contributed by atoms with E-state index < -0.39 is 0 Å². The maximum atomic E-state index is 11.8. The van der Waals surface area contributed by atoms with Crippen LogP contribution in [0.1, 0.15) is 90.4 Å². The number of hydrogen-bond donors (Lipinski definition) is 0. The smallest absolute Gasteiger partial charge is 0.306 e. The molecule has 0 aromatic heterocycles. The van der Waals surface area contributed by atoms with Gasteiger partial charge in [-0.15, -0.1) is 0 Å². The number of carbonyl (C=O) groups is 1. The third kappa shape index (κ3) is 8.39. The van der Waals surface area contributed by atoms with Crippen molar-refractivity contribution >= 4 is 5.97 Å². The van der Waals surface area contributed by atoms with Crippen LogP contribution in [0.2, 0.25) is 0 Å². The van der Waals surface area contributed by atoms with Crippen LogP contribution < -0.4 is 0 Å². The molecule has 116 valence electrons. The van der Waals surface area contributed by atoms with Crippen LogP contribution >= 0.6 is 0 Å². The summed E-state index contributed by atoms with van der Waals surface area (Å²) in [6.45, 7) is 6.26. The molecule has 1 rings (SSSR count). The van der Waals surface area contributed by atoms with Crippen molar-refractivity contribution < 1.29 is 9.53 Å². The molecule has 0 saturated carbocycles. The zero-order valence-electron chi connectivity index (χ0n) is 13.3. The molecular weight excluding hydrogens is 248 g/mol. The number of cyclic esters (lactones) is 1. The molecule has 0 unspecified atom stereocenters. The molecule has 1 fully saturated rings. The summed E-state index contributed by atoms with van der Waals surface area (Å²) in [4.78, 5) is 11.8. The van der Waals surface area contributed by atoms with Gasteiger partial charge < -0.3 is 4.74 Å². The molecule has 1 saturated heterocycles. The lowest BCUT2D eigenvalue weighted by molar-refractivity contribution is -0.149. The van der Waals surface area contributed by atoms with E-state index in [4.69, 9.17) is 4.74 Å². The molecule has 1 aliphatic rings. The number of esters is 1. The predicted octanol–water partition coefficient (Wildman–Crippen LogP) is 5.56. The second kappa shape index (κ2) is 10.9. The van der Waals surface area contributed by atoms with E-state index in [9.17, 15) is 4.79 Å². The summed E-state index contributed by atoms with van der Waals surface area (Å²) < 4.78 is 5.57. The van der Waals surface area contributed by atoms with E-state index in [0.29, 0.717) is 6.42 Å². The number of hydrogen-bond acceptors (Lipinski definition) is 2. The fourth-order valence-electron chi connectivity index (χ4n) is 2.79. The Bertz CT molecular complexity index is 283. The van der Waals surface area contributed by atoms with Crippen LogP contribution in [-0.2, 0) is 9.53 Å². The molecule has 1 aliphatic heterocycles. The van der Waals surface area contributed by atoms with Crippen LogP contribution in [0.4, 0.5) is 0 Å². The Morgan fingerprint density at radius 3 is 2.10 bits per heavy atom. The largest absolute Gasteiger partial charge is 0.462 e. The fourth-order valence-corrected chi connectivity index (χ4v) is 2.79. The van der Waals surface area contributed by atoms with Gasteiger partial charge in [-0.05, 0) is 38.5 Å². The topological polar surface area (TPSA) is 26.3 Å². The van der Waals surface area contributed by atoms with Crippen LogP contribution in [0.15, 0.2) is 12.2 Å². The van der Waals surface area contributed by atoms with Gasteiger partial charge in [0.2, 0.25) is 0 Å². The minimum absolute atomic E-state index is 0.00504. The summed E-state index contributed by atoms with van der Waals surface area (Å²) >= 11 is 0. The molecule has 0 aromatic carbocycles. The Kier molecular flexibility index (Phi) is 9.44. The zero-order valence-corrected chi connectivity index (χ0v) is 13.3. The first-order valence-electron chi connectivity index (χ1n) is 8.58. The van der Waals surface area contributed by atoms with Gasteiger partial charge in [-0.3, -0.25) is 4.79 Å². The highest BCUT2D eigenvalue weighted by Gasteiger charge is 2.13. The minimum atomic E-state index is -0.00504. The first-order chi connectivity index (χ1) is 9.72. The molecule has 20 heavy (non-hydrogen) atoms. The van der Waals surface area contributed by atoms with Crippen molar-refractivity contribution in [3.05, 3.63) is 12.2 Å². The Labute approximate surface area is 125 Å². The van der Waals surface area contributed by atoms with E-state index in [1.165, 1.54) is 50.5 Å². The quantitative estimate of drug-likeness (QED) is 0.464. The third-order valence-corrected chi connectivity index (χ3v) is 4.23. The molecule has 2 heteroatoms. The normalized spacial score (nSPS) is 25.1. The first-order valence-corrected chi connectivity index (χ1v) is 8.58. The first kappa shape index (κ1) is 17.3. The number of rotatable bonds is 1. The SMILES string of the molecule is C=C1CCCCCCCCCCC(=O)O[C@H](CC)CC1. The van der Waals surface area contributed by atoms with Gasteiger partial charge in [0.05, 0.1) is 0 Å². The Balaban J connectivity index is 2.39. The van der Waals surface area contributed by atoms with Gasteiger partial charge >= 0.3 is 5.97 Å². The maximum Gasteiger partial charge on any atom is 0.306 e. The molecule has 2 nitrogen and oxygen atoms in total. The van der Waals surface area contributed by atoms with E-state index >= 15 is 0 Å². The van der Waals surface area contributed by atoms with Gasteiger partial charge in [-0.1, -0.05) is 57.6 Å². The minimum Gasteiger partial charge on any atom is -0.462 e. The molecule has 1 atom stereocenters. The molecule has 1 heterocycles. The predicted molar refractivity (Wildman–Crippen MR) is 84.7 cm³/mol. The van der Waals surface area contributed by atoms with Crippen molar-refractivity contribution in [1.82, 2.24) is 0 Å². The van der Waals surface area contributed by atoms with Gasteiger partial charge in [0.15, 0.2) is 0 Å². The van der Waals surface area contributed by atoms with E-state index in [0.717, 1.165) is 32.1 Å². The molecule has 0 amide bonds. The summed E-state index contributed by atoms with van der Waals surface area (Å²) in [6, 6.07) is 0. The Morgan fingerprint density at radius 1 is 0.950 bits per heavy atom. The van der Waals surface area contributed by atoms with E-state index in [1.54, 1.807) is 0 Å². The van der Waals surface area contributed by atoms with Crippen molar-refractivity contribution in [3.8, 4) is 0 Å². The summed E-state index contributed by atoms with van der Waals surface area (Å²) in [7, 11) is 0. The van der Waals surface area contributed by atoms with Gasteiger partial charge in [0, 0.05) is 6.42 Å². The number of allylic oxidation sites excluding steroid dienone is 1. The lowest BCUT2D eigenvalue weighted by atomic mass is 10.00. The van der Waals surface area contributed by atoms with E-state index in [-0.39, 0.29) is 12.1 Å². The maximum absolute atomic E-state index is 11.8. The fraction of sp³-hybridized carbons (Fsp3) is 0.833. The number of carbonyl (C=O) groups excluding carboxylic acids is 1. The summed E-state index contributed by atoms with van der Waals surface area (Å²) in [5.74, 6) is -0.00504. The van der Waals surface area contributed by atoms with Gasteiger partial charge in [-0.25, -0.2) is 0 Å².